The van der Waals surface area contributed by atoms with E-state index in [4.69, 9.17) is 10.8 Å². The SMILES string of the molecule is CC(C)CC(NC(=O)C(Cc1cnc[nH]1)NC(=O)C(N)CCC(=O)O)C(=O)NC(Cc1cnc[nH]1)C(=O)O. The monoisotopic (exact) mass is 534 g/mol. The molecule has 0 bridgehead atoms. The number of aliphatic carboxylic acids is 2. The molecule has 2 heterocycles. The lowest BCUT2D eigenvalue weighted by Crippen LogP contribution is -2.58. The number of amides is 3. The van der Waals surface area contributed by atoms with Crippen molar-refractivity contribution in [3.63, 3.8) is 0 Å². The molecule has 0 radical (unpaired) electrons. The average molecular weight is 535 g/mol. The van der Waals surface area contributed by atoms with Gasteiger partial charge in [-0.05, 0) is 18.8 Å². The molecule has 208 valence electrons. The van der Waals surface area contributed by atoms with Crippen molar-refractivity contribution in [1.82, 2.24) is 35.9 Å². The molecule has 4 unspecified atom stereocenters. The Labute approximate surface area is 218 Å². The van der Waals surface area contributed by atoms with Gasteiger partial charge in [0.1, 0.15) is 18.1 Å². The highest BCUT2D eigenvalue weighted by Crippen LogP contribution is 2.09. The molecule has 0 saturated carbocycles. The molecule has 15 nitrogen and oxygen atoms in total. The number of rotatable bonds is 16. The minimum atomic E-state index is -1.28. The van der Waals surface area contributed by atoms with Crippen LogP contribution in [0.3, 0.4) is 0 Å². The molecule has 0 spiro atoms. The normalized spacial score (nSPS) is 14.2. The van der Waals surface area contributed by atoms with Crippen molar-refractivity contribution in [1.29, 1.82) is 0 Å². The predicted molar refractivity (Wildman–Crippen MR) is 132 cm³/mol. The standard InChI is InChI=1S/C23H34N8O7/c1-12(2)5-16(21(35)31-18(23(37)38)7-14-9-26-11-28-14)30-22(36)17(6-13-8-25-10-27-13)29-20(34)15(24)3-4-19(32)33/h8-12,15-18H,3-7,24H2,1-2H3,(H,25,27)(H,26,28)(H,29,34)(H,30,36)(H,31,35)(H,32,33)(H,37,38). The highest BCUT2D eigenvalue weighted by molar-refractivity contribution is 5.94. The molecule has 2 aromatic rings. The molecule has 38 heavy (non-hydrogen) atoms. The zero-order valence-electron chi connectivity index (χ0n) is 21.1. The van der Waals surface area contributed by atoms with Gasteiger partial charge in [0, 0.05) is 43.0 Å². The van der Waals surface area contributed by atoms with Crippen LogP contribution in [0.5, 0.6) is 0 Å². The smallest absolute Gasteiger partial charge is 0.326 e. The number of nitrogens with zero attached hydrogens (tertiary/aromatic N) is 2. The summed E-state index contributed by atoms with van der Waals surface area (Å²) < 4.78 is 0. The number of hydrogen-bond donors (Lipinski definition) is 8. The van der Waals surface area contributed by atoms with E-state index in [0.29, 0.717) is 11.4 Å². The fourth-order valence-electron chi connectivity index (χ4n) is 3.58. The lowest BCUT2D eigenvalue weighted by molar-refractivity contribution is -0.142. The van der Waals surface area contributed by atoms with Crippen LogP contribution in [-0.4, -0.2) is 84.0 Å². The lowest BCUT2D eigenvalue weighted by Gasteiger charge is -2.26. The molecule has 9 N–H and O–H groups in total. The zero-order chi connectivity index (χ0) is 28.2. The van der Waals surface area contributed by atoms with Crippen LogP contribution in [0.4, 0.5) is 0 Å². The number of nitrogens with one attached hydrogen (secondary N) is 5. The number of imidazole rings is 2. The van der Waals surface area contributed by atoms with Crippen molar-refractivity contribution in [2.24, 2.45) is 11.7 Å². The first kappa shape index (κ1) is 30.0. The van der Waals surface area contributed by atoms with Crippen LogP contribution in [0.15, 0.2) is 25.0 Å². The number of nitrogens with two attached hydrogens (primary N) is 1. The van der Waals surface area contributed by atoms with Crippen LogP contribution in [0, 0.1) is 5.92 Å². The van der Waals surface area contributed by atoms with Gasteiger partial charge >= 0.3 is 11.9 Å². The summed E-state index contributed by atoms with van der Waals surface area (Å²) in [4.78, 5) is 74.8. The van der Waals surface area contributed by atoms with Crippen LogP contribution in [-0.2, 0) is 36.8 Å². The van der Waals surface area contributed by atoms with E-state index in [1.165, 1.54) is 25.0 Å². The van der Waals surface area contributed by atoms with E-state index in [1.54, 1.807) is 0 Å². The fourth-order valence-corrected chi connectivity index (χ4v) is 3.58. The molecular formula is C23H34N8O7. The molecule has 4 atom stereocenters. The van der Waals surface area contributed by atoms with E-state index < -0.39 is 53.8 Å². The van der Waals surface area contributed by atoms with Crippen LogP contribution in [0.2, 0.25) is 0 Å². The Kier molecular flexibility index (Phi) is 11.4. The third kappa shape index (κ3) is 10.0. The van der Waals surface area contributed by atoms with E-state index in [2.05, 4.69) is 35.9 Å². The first-order valence-electron chi connectivity index (χ1n) is 12.0. The molecule has 0 fully saturated rings. The Bertz CT molecular complexity index is 1070. The molecule has 2 aromatic heterocycles. The van der Waals surface area contributed by atoms with Crippen molar-refractivity contribution >= 4 is 29.7 Å². The molecule has 0 saturated heterocycles. The molecule has 0 aliphatic heterocycles. The van der Waals surface area contributed by atoms with Gasteiger partial charge in [0.15, 0.2) is 0 Å². The van der Waals surface area contributed by atoms with Crippen molar-refractivity contribution in [3.8, 4) is 0 Å². The number of H-pyrrole nitrogens is 2. The molecule has 15 heteroatoms. The Hall–Kier alpha value is -4.27. The predicted octanol–water partition coefficient (Wildman–Crippen LogP) is -1.30. The van der Waals surface area contributed by atoms with Gasteiger partial charge in [-0.15, -0.1) is 0 Å². The third-order valence-corrected chi connectivity index (χ3v) is 5.55. The largest absolute Gasteiger partial charge is 0.481 e. The van der Waals surface area contributed by atoms with Crippen molar-refractivity contribution < 1.29 is 34.2 Å². The summed E-state index contributed by atoms with van der Waals surface area (Å²) >= 11 is 0. The number of hydrogen-bond acceptors (Lipinski definition) is 8. The maximum Gasteiger partial charge on any atom is 0.326 e. The van der Waals surface area contributed by atoms with Gasteiger partial charge in [-0.25, -0.2) is 14.8 Å². The Balaban J connectivity index is 2.16. The molecule has 0 aliphatic carbocycles. The van der Waals surface area contributed by atoms with Gasteiger partial charge in [0.25, 0.3) is 0 Å². The highest BCUT2D eigenvalue weighted by Gasteiger charge is 2.31. The second-order valence-corrected chi connectivity index (χ2v) is 9.25. The summed E-state index contributed by atoms with van der Waals surface area (Å²) in [5, 5.41) is 26.0. The summed E-state index contributed by atoms with van der Waals surface area (Å²) in [6.45, 7) is 3.66. The van der Waals surface area contributed by atoms with E-state index in [1.807, 2.05) is 13.8 Å². The summed E-state index contributed by atoms with van der Waals surface area (Å²) in [6.07, 6.45) is 5.35. The topological polar surface area (TPSA) is 245 Å². The fraction of sp³-hybridized carbons (Fsp3) is 0.522. The summed E-state index contributed by atoms with van der Waals surface area (Å²) in [7, 11) is 0. The van der Waals surface area contributed by atoms with Crippen molar-refractivity contribution in [2.75, 3.05) is 0 Å². The maximum absolute atomic E-state index is 13.3. The zero-order valence-corrected chi connectivity index (χ0v) is 21.1. The van der Waals surface area contributed by atoms with E-state index >= 15 is 0 Å². The van der Waals surface area contributed by atoms with E-state index in [9.17, 15) is 29.1 Å². The minimum Gasteiger partial charge on any atom is -0.481 e. The summed E-state index contributed by atoms with van der Waals surface area (Å²) in [5.74, 6) is -4.58. The Morgan fingerprint density at radius 1 is 0.842 bits per heavy atom. The van der Waals surface area contributed by atoms with Gasteiger partial charge in [0.2, 0.25) is 17.7 Å². The molecule has 0 aromatic carbocycles. The van der Waals surface area contributed by atoms with Crippen LogP contribution >= 0.6 is 0 Å². The third-order valence-electron chi connectivity index (χ3n) is 5.55. The molecule has 2 rings (SSSR count). The number of carbonyl (C=O) groups excluding carboxylic acids is 3. The number of aromatic amines is 2. The number of carboxylic acid groups (broad SMARTS) is 2. The average Bonchev–Trinajstić information content (AvgIpc) is 3.55. The second-order valence-electron chi connectivity index (χ2n) is 9.25. The second kappa shape index (κ2) is 14.5. The summed E-state index contributed by atoms with van der Waals surface area (Å²) in [6, 6.07) is -4.73. The first-order chi connectivity index (χ1) is 18.0. The number of carbonyl (C=O) groups is 5. The van der Waals surface area contributed by atoms with Crippen molar-refractivity contribution in [2.45, 2.75) is 70.1 Å². The van der Waals surface area contributed by atoms with Gasteiger partial charge < -0.3 is 41.9 Å². The highest BCUT2D eigenvalue weighted by atomic mass is 16.4. The number of carboxylic acids is 2. The van der Waals surface area contributed by atoms with Gasteiger partial charge in [-0.2, -0.15) is 0 Å². The minimum absolute atomic E-state index is 0.0170. The van der Waals surface area contributed by atoms with Crippen LogP contribution in [0.25, 0.3) is 0 Å². The first-order valence-corrected chi connectivity index (χ1v) is 12.0. The van der Waals surface area contributed by atoms with Gasteiger partial charge in [0.05, 0.1) is 18.7 Å². The van der Waals surface area contributed by atoms with Crippen LogP contribution < -0.4 is 21.7 Å². The van der Waals surface area contributed by atoms with Gasteiger partial charge in [-0.1, -0.05) is 13.8 Å². The molecular weight excluding hydrogens is 500 g/mol. The van der Waals surface area contributed by atoms with Crippen molar-refractivity contribution in [3.05, 3.63) is 36.4 Å². The lowest BCUT2D eigenvalue weighted by atomic mass is 10.0. The number of aromatic nitrogens is 4. The Morgan fingerprint density at radius 2 is 1.34 bits per heavy atom. The summed E-state index contributed by atoms with van der Waals surface area (Å²) in [5.41, 5.74) is 6.80. The molecule has 0 aliphatic rings. The van der Waals surface area contributed by atoms with E-state index in [0.717, 1.165) is 0 Å². The maximum atomic E-state index is 13.3. The van der Waals surface area contributed by atoms with E-state index in [-0.39, 0.29) is 38.0 Å². The van der Waals surface area contributed by atoms with Gasteiger partial charge in [-0.3, -0.25) is 19.2 Å². The quantitative estimate of drug-likeness (QED) is 0.126. The Morgan fingerprint density at radius 3 is 1.82 bits per heavy atom. The molecule has 3 amide bonds. The van der Waals surface area contributed by atoms with Crippen LogP contribution in [0.1, 0.15) is 44.5 Å².